The van der Waals surface area contributed by atoms with E-state index in [2.05, 4.69) is 0 Å². The molecule has 0 radical (unpaired) electrons. The third kappa shape index (κ3) is 7.08. The molecule has 0 aliphatic heterocycles. The van der Waals surface area contributed by atoms with Crippen molar-refractivity contribution in [1.29, 1.82) is 0 Å². The van der Waals surface area contributed by atoms with E-state index in [1.54, 1.807) is 48.5 Å². The minimum atomic E-state index is -0.380. The van der Waals surface area contributed by atoms with Crippen molar-refractivity contribution in [3.63, 3.8) is 0 Å². The van der Waals surface area contributed by atoms with Crippen LogP contribution in [-0.4, -0.2) is 18.4 Å². The second kappa shape index (κ2) is 10.9. The second-order valence-corrected chi connectivity index (χ2v) is 5.26. The molecule has 0 unspecified atom stereocenters. The summed E-state index contributed by atoms with van der Waals surface area (Å²) in [6.45, 7) is 0.290. The molecule has 0 amide bonds. The van der Waals surface area contributed by atoms with Gasteiger partial charge in [0.25, 0.3) is 0 Å². The molecule has 5 heteroatoms. The van der Waals surface area contributed by atoms with Gasteiger partial charge in [-0.1, -0.05) is 14.9 Å². The summed E-state index contributed by atoms with van der Waals surface area (Å²) in [4.78, 5) is 23.7. The topological polar surface area (TPSA) is 95.4 Å². The van der Waals surface area contributed by atoms with Gasteiger partial charge in [0.1, 0.15) is 0 Å². The van der Waals surface area contributed by atoms with Crippen LogP contribution in [0.4, 0.5) is 11.4 Å². The van der Waals surface area contributed by atoms with Crippen LogP contribution in [0.15, 0.2) is 48.5 Å². The highest BCUT2D eigenvalue weighted by molar-refractivity contribution is 5.96. The number of benzene rings is 2. The molecule has 2 rings (SSSR count). The normalized spacial score (nSPS) is 9.44. The van der Waals surface area contributed by atoms with Gasteiger partial charge in [0, 0.05) is 23.4 Å². The Kier molecular flexibility index (Phi) is 9.64. The zero-order valence-corrected chi connectivity index (χ0v) is 12.8. The summed E-state index contributed by atoms with van der Waals surface area (Å²) in [7, 11) is 0. The van der Waals surface area contributed by atoms with E-state index in [0.29, 0.717) is 41.8 Å². The molecule has 4 N–H and O–H groups in total. The van der Waals surface area contributed by atoms with Crippen molar-refractivity contribution < 1.29 is 14.3 Å². The van der Waals surface area contributed by atoms with Gasteiger partial charge in [-0.3, -0.25) is 4.79 Å². The van der Waals surface area contributed by atoms with Crippen LogP contribution in [-0.2, 0) is 4.74 Å². The lowest BCUT2D eigenvalue weighted by atomic mass is 10.1. The SMILES string of the molecule is C.C.Nc1ccc(C(=O)CCCCOC(=O)c2ccc(N)cc2)cc1. The Bertz CT molecular complexity index is 605. The van der Waals surface area contributed by atoms with Gasteiger partial charge < -0.3 is 16.2 Å². The van der Waals surface area contributed by atoms with Crippen molar-refractivity contribution >= 4 is 23.1 Å². The predicted octanol–water partition coefficient (Wildman–Crippen LogP) is 4.33. The molecule has 0 aliphatic rings. The Morgan fingerprint density at radius 2 is 1.24 bits per heavy atom. The van der Waals surface area contributed by atoms with Gasteiger partial charge in [0.05, 0.1) is 12.2 Å². The van der Waals surface area contributed by atoms with E-state index >= 15 is 0 Å². The highest BCUT2D eigenvalue weighted by Crippen LogP contribution is 2.11. The van der Waals surface area contributed by atoms with Crippen LogP contribution in [0.1, 0.15) is 54.8 Å². The number of esters is 1. The van der Waals surface area contributed by atoms with Gasteiger partial charge >= 0.3 is 5.97 Å². The van der Waals surface area contributed by atoms with Crippen LogP contribution in [0.3, 0.4) is 0 Å². The minimum absolute atomic E-state index is 0. The molecule has 0 fully saturated rings. The summed E-state index contributed by atoms with van der Waals surface area (Å²) < 4.78 is 5.16. The number of ether oxygens (including phenoxy) is 1. The molecule has 0 spiro atoms. The molecule has 0 bridgehead atoms. The van der Waals surface area contributed by atoms with E-state index in [1.165, 1.54) is 0 Å². The second-order valence-electron chi connectivity index (χ2n) is 5.26. The quantitative estimate of drug-likeness (QED) is 0.337. The fourth-order valence-corrected chi connectivity index (χ4v) is 2.07. The first-order valence-electron chi connectivity index (χ1n) is 7.47. The average molecular weight is 344 g/mol. The average Bonchev–Trinajstić information content (AvgIpc) is 2.55. The van der Waals surface area contributed by atoms with E-state index in [9.17, 15) is 9.59 Å². The molecule has 136 valence electrons. The van der Waals surface area contributed by atoms with Crippen molar-refractivity contribution in [1.82, 2.24) is 0 Å². The monoisotopic (exact) mass is 344 g/mol. The number of carbonyl (C=O) groups is 2. The van der Waals surface area contributed by atoms with E-state index in [-0.39, 0.29) is 33.2 Å². The van der Waals surface area contributed by atoms with Crippen LogP contribution in [0, 0.1) is 0 Å². The standard InChI is InChI=1S/C18H20N2O3.2CH4/c19-15-8-4-13(5-9-15)17(21)3-1-2-12-23-18(22)14-6-10-16(20)11-7-14;;/h4-11H,1-3,12,19-20H2;2*1H4. The van der Waals surface area contributed by atoms with Crippen LogP contribution in [0.5, 0.6) is 0 Å². The van der Waals surface area contributed by atoms with Crippen LogP contribution in [0.25, 0.3) is 0 Å². The molecule has 25 heavy (non-hydrogen) atoms. The molecule has 2 aromatic rings. The van der Waals surface area contributed by atoms with E-state index in [1.807, 2.05) is 0 Å². The number of unbranched alkanes of at least 4 members (excludes halogenated alkanes) is 1. The Morgan fingerprint density at radius 1 is 0.760 bits per heavy atom. The molecule has 2 aromatic carbocycles. The largest absolute Gasteiger partial charge is 0.462 e. The number of rotatable bonds is 7. The summed E-state index contributed by atoms with van der Waals surface area (Å²) in [6.07, 6.45) is 1.73. The van der Waals surface area contributed by atoms with Gasteiger partial charge in [-0.2, -0.15) is 0 Å². The molecule has 0 heterocycles. The van der Waals surface area contributed by atoms with Gasteiger partial charge in [-0.25, -0.2) is 4.79 Å². The first-order valence-corrected chi connectivity index (χ1v) is 7.47. The predicted molar refractivity (Wildman–Crippen MR) is 104 cm³/mol. The first kappa shape index (κ1) is 22.2. The van der Waals surface area contributed by atoms with E-state index in [4.69, 9.17) is 16.2 Å². The zero-order valence-electron chi connectivity index (χ0n) is 12.8. The highest BCUT2D eigenvalue weighted by Gasteiger charge is 2.08. The van der Waals surface area contributed by atoms with Gasteiger partial charge in [-0.05, 0) is 61.4 Å². The molecule has 0 atom stereocenters. The lowest BCUT2D eigenvalue weighted by Gasteiger charge is -2.05. The molecular weight excluding hydrogens is 316 g/mol. The van der Waals surface area contributed by atoms with Crippen LogP contribution in [0.2, 0.25) is 0 Å². The number of anilines is 2. The van der Waals surface area contributed by atoms with Crippen molar-refractivity contribution in [3.8, 4) is 0 Å². The molecule has 0 aromatic heterocycles. The zero-order chi connectivity index (χ0) is 16.7. The van der Waals surface area contributed by atoms with E-state index < -0.39 is 0 Å². The summed E-state index contributed by atoms with van der Waals surface area (Å²) in [5.74, 6) is -0.315. The molecular formula is C20H28N2O3. The summed E-state index contributed by atoms with van der Waals surface area (Å²) >= 11 is 0. The Labute approximate surface area is 150 Å². The fraction of sp³-hybridized carbons (Fsp3) is 0.300. The Hall–Kier alpha value is -2.82. The number of nitrogen functional groups attached to an aromatic ring is 2. The van der Waals surface area contributed by atoms with Crippen molar-refractivity contribution in [2.45, 2.75) is 34.1 Å². The number of carbonyl (C=O) groups excluding carboxylic acids is 2. The minimum Gasteiger partial charge on any atom is -0.462 e. The van der Waals surface area contributed by atoms with Crippen molar-refractivity contribution in [2.75, 3.05) is 18.1 Å². The number of hydrogen-bond acceptors (Lipinski definition) is 5. The Balaban J connectivity index is 0.00000288. The summed E-state index contributed by atoms with van der Waals surface area (Å²) in [5.41, 5.74) is 13.5. The summed E-state index contributed by atoms with van der Waals surface area (Å²) in [5, 5.41) is 0. The molecule has 5 nitrogen and oxygen atoms in total. The smallest absolute Gasteiger partial charge is 0.338 e. The lowest BCUT2D eigenvalue weighted by Crippen LogP contribution is -2.07. The highest BCUT2D eigenvalue weighted by atomic mass is 16.5. The fourth-order valence-electron chi connectivity index (χ4n) is 2.07. The number of hydrogen-bond donors (Lipinski definition) is 2. The maximum Gasteiger partial charge on any atom is 0.338 e. The van der Waals surface area contributed by atoms with Crippen molar-refractivity contribution in [2.24, 2.45) is 0 Å². The van der Waals surface area contributed by atoms with Crippen LogP contribution < -0.4 is 11.5 Å². The molecule has 0 saturated carbocycles. The maximum absolute atomic E-state index is 11.9. The first-order chi connectivity index (χ1) is 11.1. The maximum atomic E-state index is 11.9. The third-order valence-corrected chi connectivity index (χ3v) is 3.41. The Morgan fingerprint density at radius 3 is 1.76 bits per heavy atom. The number of ketones is 1. The molecule has 0 saturated heterocycles. The number of Topliss-reactive ketones (excluding diaryl/α,β-unsaturated/α-hetero) is 1. The third-order valence-electron chi connectivity index (χ3n) is 3.41. The number of nitrogens with two attached hydrogens (primary N) is 2. The van der Waals surface area contributed by atoms with Gasteiger partial charge in [-0.15, -0.1) is 0 Å². The van der Waals surface area contributed by atoms with Gasteiger partial charge in [0.15, 0.2) is 5.78 Å². The van der Waals surface area contributed by atoms with Crippen molar-refractivity contribution in [3.05, 3.63) is 59.7 Å². The molecule has 0 aliphatic carbocycles. The van der Waals surface area contributed by atoms with Crippen LogP contribution >= 0.6 is 0 Å². The lowest BCUT2D eigenvalue weighted by molar-refractivity contribution is 0.0498. The van der Waals surface area contributed by atoms with E-state index in [0.717, 1.165) is 0 Å². The summed E-state index contributed by atoms with van der Waals surface area (Å²) in [6, 6.07) is 13.4. The van der Waals surface area contributed by atoms with Gasteiger partial charge in [0.2, 0.25) is 0 Å².